The molecule has 0 aliphatic heterocycles. The summed E-state index contributed by atoms with van der Waals surface area (Å²) in [5.41, 5.74) is 1.12. The van der Waals surface area contributed by atoms with Gasteiger partial charge in [-0.1, -0.05) is 25.4 Å². The summed E-state index contributed by atoms with van der Waals surface area (Å²) in [7, 11) is 3.34. The molecule has 0 fully saturated rings. The van der Waals surface area contributed by atoms with Crippen molar-refractivity contribution in [2.75, 3.05) is 20.2 Å². The summed E-state index contributed by atoms with van der Waals surface area (Å²) < 4.78 is 1.50. The fraction of sp³-hybridized carbons (Fsp3) is 0.636. The predicted octanol–water partition coefficient (Wildman–Crippen LogP) is 1.26. The minimum absolute atomic E-state index is 0.0723. The van der Waals surface area contributed by atoms with Crippen LogP contribution in [-0.4, -0.2) is 45.9 Å². The number of halogens is 1. The third-order valence-electron chi connectivity index (χ3n) is 2.55. The van der Waals surface area contributed by atoms with Crippen LogP contribution in [0.15, 0.2) is 0 Å². The van der Waals surface area contributed by atoms with E-state index in [1.54, 1.807) is 14.1 Å². The molecule has 96 valence electrons. The first-order chi connectivity index (χ1) is 7.90. The Hall–Kier alpha value is -1.07. The van der Waals surface area contributed by atoms with Crippen LogP contribution in [0.1, 0.15) is 35.8 Å². The van der Waals surface area contributed by atoms with Crippen LogP contribution in [0.5, 0.6) is 0 Å². The molecule has 6 heteroatoms. The highest BCUT2D eigenvalue weighted by molar-refractivity contribution is 6.33. The van der Waals surface area contributed by atoms with Crippen LogP contribution in [-0.2, 0) is 7.05 Å². The van der Waals surface area contributed by atoms with E-state index in [0.29, 0.717) is 16.4 Å². The molecule has 0 saturated carbocycles. The first-order valence-corrected chi connectivity index (χ1v) is 5.86. The first kappa shape index (κ1) is 14.0. The average Bonchev–Trinajstić information content (AvgIpc) is 2.55. The maximum atomic E-state index is 12.2. The van der Waals surface area contributed by atoms with Gasteiger partial charge in [0.15, 0.2) is 0 Å². The standard InChI is InChI=1S/C11H18ClN3O2/c1-7(2)9-8(10(12)15(4)13-9)11(17)14(3)5-6-16/h7,16H,5-6H2,1-4H3. The van der Waals surface area contributed by atoms with Gasteiger partial charge in [-0.2, -0.15) is 5.10 Å². The van der Waals surface area contributed by atoms with Crippen molar-refractivity contribution in [2.45, 2.75) is 19.8 Å². The number of nitrogens with zero attached hydrogens (tertiary/aromatic N) is 3. The number of aliphatic hydroxyl groups is 1. The Labute approximate surface area is 106 Å². The zero-order chi connectivity index (χ0) is 13.2. The van der Waals surface area contributed by atoms with E-state index >= 15 is 0 Å². The van der Waals surface area contributed by atoms with Gasteiger partial charge in [0, 0.05) is 20.6 Å². The highest BCUT2D eigenvalue weighted by atomic mass is 35.5. The van der Waals surface area contributed by atoms with Crippen molar-refractivity contribution in [3.05, 3.63) is 16.4 Å². The number of carbonyl (C=O) groups excluding carboxylic acids is 1. The topological polar surface area (TPSA) is 58.4 Å². The number of hydrogen-bond acceptors (Lipinski definition) is 3. The van der Waals surface area contributed by atoms with Crippen LogP contribution in [0.2, 0.25) is 5.15 Å². The van der Waals surface area contributed by atoms with E-state index in [2.05, 4.69) is 5.10 Å². The Balaban J connectivity index is 3.15. The van der Waals surface area contributed by atoms with Gasteiger partial charge >= 0.3 is 0 Å². The fourth-order valence-corrected chi connectivity index (χ4v) is 1.78. The Bertz CT molecular complexity index is 415. The number of hydrogen-bond donors (Lipinski definition) is 1. The SMILES string of the molecule is CC(C)c1nn(C)c(Cl)c1C(=O)N(C)CCO. The molecule has 1 rings (SSSR count). The summed E-state index contributed by atoms with van der Waals surface area (Å²) >= 11 is 6.09. The summed E-state index contributed by atoms with van der Waals surface area (Å²) in [6.07, 6.45) is 0. The van der Waals surface area contributed by atoms with Gasteiger partial charge in [-0.25, -0.2) is 0 Å². The van der Waals surface area contributed by atoms with Gasteiger partial charge in [-0.15, -0.1) is 0 Å². The Kier molecular flexibility index (Phi) is 4.54. The second-order valence-electron chi connectivity index (χ2n) is 4.28. The minimum atomic E-state index is -0.208. The lowest BCUT2D eigenvalue weighted by Gasteiger charge is -2.16. The molecule has 1 N–H and O–H groups in total. The van der Waals surface area contributed by atoms with Crippen LogP contribution in [0.25, 0.3) is 0 Å². The normalized spacial score (nSPS) is 11.0. The van der Waals surface area contributed by atoms with Crippen molar-refractivity contribution >= 4 is 17.5 Å². The third-order valence-corrected chi connectivity index (χ3v) is 2.98. The fourth-order valence-electron chi connectivity index (χ4n) is 1.57. The average molecular weight is 260 g/mol. The van der Waals surface area contributed by atoms with Crippen molar-refractivity contribution in [1.29, 1.82) is 0 Å². The number of carbonyl (C=O) groups is 1. The van der Waals surface area contributed by atoms with Gasteiger partial charge in [0.25, 0.3) is 5.91 Å². The number of aromatic nitrogens is 2. The van der Waals surface area contributed by atoms with Gasteiger partial charge in [-0.3, -0.25) is 9.48 Å². The van der Waals surface area contributed by atoms with Gasteiger partial charge < -0.3 is 10.0 Å². The van der Waals surface area contributed by atoms with Crippen LogP contribution in [0.3, 0.4) is 0 Å². The molecule has 0 radical (unpaired) electrons. The molecule has 0 unspecified atom stereocenters. The van der Waals surface area contributed by atoms with Crippen LogP contribution in [0.4, 0.5) is 0 Å². The number of aryl methyl sites for hydroxylation is 1. The molecule has 0 aliphatic carbocycles. The van der Waals surface area contributed by atoms with Gasteiger partial charge in [-0.05, 0) is 5.92 Å². The van der Waals surface area contributed by atoms with Crippen molar-refractivity contribution in [3.63, 3.8) is 0 Å². The number of aliphatic hydroxyl groups excluding tert-OH is 1. The Morgan fingerprint density at radius 1 is 1.59 bits per heavy atom. The summed E-state index contributed by atoms with van der Waals surface area (Å²) in [4.78, 5) is 13.6. The minimum Gasteiger partial charge on any atom is -0.395 e. The molecule has 0 atom stereocenters. The zero-order valence-corrected chi connectivity index (χ0v) is 11.3. The molecule has 1 aromatic rings. The lowest BCUT2D eigenvalue weighted by atomic mass is 10.1. The van der Waals surface area contributed by atoms with Crippen molar-refractivity contribution in [3.8, 4) is 0 Å². The molecule has 0 bridgehead atoms. The third kappa shape index (κ3) is 2.79. The van der Waals surface area contributed by atoms with Crippen LogP contribution >= 0.6 is 11.6 Å². The van der Waals surface area contributed by atoms with Gasteiger partial charge in [0.1, 0.15) is 5.15 Å². The Morgan fingerprint density at radius 3 is 2.65 bits per heavy atom. The number of amides is 1. The van der Waals surface area contributed by atoms with E-state index in [9.17, 15) is 4.79 Å². The van der Waals surface area contributed by atoms with Crippen molar-refractivity contribution < 1.29 is 9.90 Å². The van der Waals surface area contributed by atoms with Crippen molar-refractivity contribution in [2.24, 2.45) is 7.05 Å². The molecular formula is C11H18ClN3O2. The quantitative estimate of drug-likeness (QED) is 0.886. The van der Waals surface area contributed by atoms with E-state index in [1.807, 2.05) is 13.8 Å². The lowest BCUT2D eigenvalue weighted by Crippen LogP contribution is -2.30. The molecule has 5 nitrogen and oxygen atoms in total. The Morgan fingerprint density at radius 2 is 2.18 bits per heavy atom. The molecular weight excluding hydrogens is 242 g/mol. The summed E-state index contributed by atoms with van der Waals surface area (Å²) in [5, 5.41) is 13.4. The number of rotatable bonds is 4. The summed E-state index contributed by atoms with van der Waals surface area (Å²) in [5.74, 6) is -0.0870. The first-order valence-electron chi connectivity index (χ1n) is 5.48. The summed E-state index contributed by atoms with van der Waals surface area (Å²) in [6, 6.07) is 0. The van der Waals surface area contributed by atoms with Gasteiger partial charge in [0.2, 0.25) is 0 Å². The van der Waals surface area contributed by atoms with E-state index < -0.39 is 0 Å². The molecule has 0 aliphatic rings. The smallest absolute Gasteiger partial charge is 0.258 e. The van der Waals surface area contributed by atoms with E-state index in [4.69, 9.17) is 16.7 Å². The molecule has 1 amide bonds. The second kappa shape index (κ2) is 5.51. The van der Waals surface area contributed by atoms with Gasteiger partial charge in [0.05, 0.1) is 17.9 Å². The predicted molar refractivity (Wildman–Crippen MR) is 66.4 cm³/mol. The van der Waals surface area contributed by atoms with E-state index in [-0.39, 0.29) is 25.0 Å². The maximum Gasteiger partial charge on any atom is 0.258 e. The summed E-state index contributed by atoms with van der Waals surface area (Å²) in [6.45, 7) is 4.13. The highest BCUT2D eigenvalue weighted by Crippen LogP contribution is 2.26. The van der Waals surface area contributed by atoms with Crippen molar-refractivity contribution in [1.82, 2.24) is 14.7 Å². The molecule has 0 spiro atoms. The van der Waals surface area contributed by atoms with Crippen LogP contribution < -0.4 is 0 Å². The van der Waals surface area contributed by atoms with E-state index in [1.165, 1.54) is 9.58 Å². The second-order valence-corrected chi connectivity index (χ2v) is 4.64. The molecule has 1 heterocycles. The van der Waals surface area contributed by atoms with Crippen LogP contribution in [0, 0.1) is 0 Å². The maximum absolute atomic E-state index is 12.2. The molecule has 17 heavy (non-hydrogen) atoms. The highest BCUT2D eigenvalue weighted by Gasteiger charge is 2.25. The molecule has 0 saturated heterocycles. The monoisotopic (exact) mass is 259 g/mol. The lowest BCUT2D eigenvalue weighted by molar-refractivity contribution is 0.0765. The number of likely N-dealkylation sites (N-methyl/N-ethyl adjacent to an activating group) is 1. The largest absolute Gasteiger partial charge is 0.395 e. The van der Waals surface area contributed by atoms with E-state index in [0.717, 1.165) is 0 Å². The molecule has 1 aromatic heterocycles. The zero-order valence-electron chi connectivity index (χ0n) is 10.6. The molecule has 0 aromatic carbocycles.